The lowest BCUT2D eigenvalue weighted by Crippen LogP contribution is -2.36. The first kappa shape index (κ1) is 13.4. The minimum absolute atomic E-state index is 0.183. The number of nitro groups is 1. The van der Waals surface area contributed by atoms with E-state index in [-0.39, 0.29) is 4.92 Å². The molecule has 0 bridgehead atoms. The van der Waals surface area contributed by atoms with Crippen LogP contribution in [0.4, 0.5) is 0 Å². The van der Waals surface area contributed by atoms with Gasteiger partial charge in [0.05, 0.1) is 14.2 Å². The zero-order chi connectivity index (χ0) is 13.9. The number of rotatable bonds is 4. The molecule has 0 saturated heterocycles. The fraction of sp³-hybridized carbons (Fsp3) is 0.429. The Bertz CT molecular complexity index is 512. The summed E-state index contributed by atoms with van der Waals surface area (Å²) < 4.78 is 10.4. The number of hydrogen-bond acceptors (Lipinski definition) is 4. The Kier molecular flexibility index (Phi) is 3.74. The van der Waals surface area contributed by atoms with Gasteiger partial charge in [0, 0.05) is 23.3 Å². The molecule has 1 aliphatic carbocycles. The molecule has 0 N–H and O–H groups in total. The molecule has 0 heterocycles. The Morgan fingerprint density at radius 2 is 1.95 bits per heavy atom. The summed E-state index contributed by atoms with van der Waals surface area (Å²) in [5.41, 5.74) is -0.381. The minimum atomic E-state index is -1.05. The summed E-state index contributed by atoms with van der Waals surface area (Å²) in [4.78, 5) is 11.3. The normalized spacial score (nSPS) is 22.0. The van der Waals surface area contributed by atoms with E-state index >= 15 is 0 Å². The molecule has 0 spiro atoms. The Morgan fingerprint density at radius 3 is 2.47 bits per heavy atom. The molecule has 1 aliphatic rings. The molecule has 1 aromatic carbocycles. The standard InChI is InChI=1S/C14H17NO4/c1-18-12-7-6-11(10-13(12)19-2)14(15(16)17)8-4-3-5-9-14/h3-4,6-7,10H,5,8-9H2,1-2H3/t14-/m0/s1. The van der Waals surface area contributed by atoms with Crippen LogP contribution in [0.2, 0.25) is 0 Å². The lowest BCUT2D eigenvalue weighted by Gasteiger charge is -2.27. The van der Waals surface area contributed by atoms with Gasteiger partial charge in [-0.25, -0.2) is 0 Å². The summed E-state index contributed by atoms with van der Waals surface area (Å²) in [5.74, 6) is 1.10. The van der Waals surface area contributed by atoms with Gasteiger partial charge < -0.3 is 9.47 Å². The van der Waals surface area contributed by atoms with Gasteiger partial charge in [0.1, 0.15) is 0 Å². The van der Waals surface area contributed by atoms with Crippen molar-refractivity contribution in [3.05, 3.63) is 46.0 Å². The van der Waals surface area contributed by atoms with Crippen molar-refractivity contribution in [1.82, 2.24) is 0 Å². The van der Waals surface area contributed by atoms with Crippen molar-refractivity contribution in [2.75, 3.05) is 14.2 Å². The molecule has 0 amide bonds. The zero-order valence-corrected chi connectivity index (χ0v) is 11.1. The van der Waals surface area contributed by atoms with Crippen LogP contribution in [0.15, 0.2) is 30.4 Å². The van der Waals surface area contributed by atoms with E-state index in [1.165, 1.54) is 7.11 Å². The number of ether oxygens (including phenoxy) is 2. The Morgan fingerprint density at radius 1 is 1.21 bits per heavy atom. The van der Waals surface area contributed by atoms with Crippen LogP contribution < -0.4 is 9.47 Å². The van der Waals surface area contributed by atoms with Crippen LogP contribution in [0.5, 0.6) is 11.5 Å². The number of methoxy groups -OCH3 is 2. The maximum Gasteiger partial charge on any atom is 0.250 e. The maximum absolute atomic E-state index is 11.5. The zero-order valence-electron chi connectivity index (χ0n) is 11.1. The van der Waals surface area contributed by atoms with Crippen LogP contribution >= 0.6 is 0 Å². The molecule has 0 fully saturated rings. The summed E-state index contributed by atoms with van der Waals surface area (Å²) in [6, 6.07) is 5.18. The molecule has 0 radical (unpaired) electrons. The van der Waals surface area contributed by atoms with E-state index in [4.69, 9.17) is 9.47 Å². The second-order valence-corrected chi connectivity index (χ2v) is 4.57. The Labute approximate surface area is 112 Å². The second-order valence-electron chi connectivity index (χ2n) is 4.57. The molecule has 5 heteroatoms. The smallest absolute Gasteiger partial charge is 0.250 e. The van der Waals surface area contributed by atoms with E-state index in [2.05, 4.69) is 0 Å². The van der Waals surface area contributed by atoms with E-state index in [0.717, 1.165) is 6.42 Å². The van der Waals surface area contributed by atoms with Crippen LogP contribution in [0, 0.1) is 10.1 Å². The first-order valence-corrected chi connectivity index (χ1v) is 6.16. The number of nitrogens with zero attached hydrogens (tertiary/aromatic N) is 1. The van der Waals surface area contributed by atoms with Crippen LogP contribution in [0.25, 0.3) is 0 Å². The molecular weight excluding hydrogens is 246 g/mol. The number of hydrogen-bond donors (Lipinski definition) is 0. The molecule has 1 atom stereocenters. The molecule has 1 aromatic rings. The predicted molar refractivity (Wildman–Crippen MR) is 71.2 cm³/mol. The van der Waals surface area contributed by atoms with Crippen molar-refractivity contribution in [2.24, 2.45) is 0 Å². The largest absolute Gasteiger partial charge is 0.493 e. The van der Waals surface area contributed by atoms with E-state index < -0.39 is 5.54 Å². The van der Waals surface area contributed by atoms with E-state index in [1.54, 1.807) is 25.3 Å². The van der Waals surface area contributed by atoms with Crippen molar-refractivity contribution in [1.29, 1.82) is 0 Å². The summed E-state index contributed by atoms with van der Waals surface area (Å²) in [6.07, 6.45) is 5.50. The number of benzene rings is 1. The first-order valence-electron chi connectivity index (χ1n) is 6.16. The van der Waals surface area contributed by atoms with E-state index in [1.807, 2.05) is 12.2 Å². The van der Waals surface area contributed by atoms with E-state index in [0.29, 0.717) is 29.9 Å². The average Bonchev–Trinajstić information content (AvgIpc) is 2.47. The highest BCUT2D eigenvalue weighted by Crippen LogP contribution is 2.40. The molecule has 5 nitrogen and oxygen atoms in total. The third kappa shape index (κ3) is 2.28. The first-order chi connectivity index (χ1) is 9.14. The van der Waals surface area contributed by atoms with Crippen LogP contribution in [-0.2, 0) is 5.54 Å². The molecule has 0 aliphatic heterocycles. The van der Waals surface area contributed by atoms with Gasteiger partial charge in [0.2, 0.25) is 0 Å². The third-order valence-electron chi connectivity index (χ3n) is 3.62. The van der Waals surface area contributed by atoms with Gasteiger partial charge >= 0.3 is 0 Å². The topological polar surface area (TPSA) is 61.6 Å². The van der Waals surface area contributed by atoms with Crippen molar-refractivity contribution >= 4 is 0 Å². The van der Waals surface area contributed by atoms with Crippen LogP contribution in [0.1, 0.15) is 24.8 Å². The summed E-state index contributed by atoms with van der Waals surface area (Å²) in [7, 11) is 3.07. The van der Waals surface area contributed by atoms with Gasteiger partial charge in [-0.05, 0) is 24.6 Å². The van der Waals surface area contributed by atoms with Crippen molar-refractivity contribution in [3.8, 4) is 11.5 Å². The van der Waals surface area contributed by atoms with Crippen molar-refractivity contribution in [3.63, 3.8) is 0 Å². The molecule has 2 rings (SSSR count). The Hall–Kier alpha value is -2.04. The fourth-order valence-electron chi connectivity index (χ4n) is 2.48. The maximum atomic E-state index is 11.5. The summed E-state index contributed by atoms with van der Waals surface area (Å²) in [6.45, 7) is 0. The van der Waals surface area contributed by atoms with E-state index in [9.17, 15) is 10.1 Å². The molecule has 0 unspecified atom stereocenters. The van der Waals surface area contributed by atoms with Crippen molar-refractivity contribution < 1.29 is 14.4 Å². The van der Waals surface area contributed by atoms with Gasteiger partial charge in [-0.2, -0.15) is 0 Å². The van der Waals surface area contributed by atoms with Crippen LogP contribution in [0.3, 0.4) is 0 Å². The van der Waals surface area contributed by atoms with Gasteiger partial charge in [0.15, 0.2) is 11.5 Å². The highest BCUT2D eigenvalue weighted by molar-refractivity contribution is 5.45. The molecule has 0 aromatic heterocycles. The molecule has 0 saturated carbocycles. The Balaban J connectivity index is 2.48. The minimum Gasteiger partial charge on any atom is -0.493 e. The quantitative estimate of drug-likeness (QED) is 0.476. The lowest BCUT2D eigenvalue weighted by molar-refractivity contribution is -0.580. The lowest BCUT2D eigenvalue weighted by atomic mass is 9.80. The van der Waals surface area contributed by atoms with Gasteiger partial charge in [-0.3, -0.25) is 10.1 Å². The highest BCUT2D eigenvalue weighted by atomic mass is 16.6. The summed E-state index contributed by atoms with van der Waals surface area (Å²) in [5, 5.41) is 11.5. The summed E-state index contributed by atoms with van der Waals surface area (Å²) >= 11 is 0. The molecule has 19 heavy (non-hydrogen) atoms. The highest BCUT2D eigenvalue weighted by Gasteiger charge is 2.44. The van der Waals surface area contributed by atoms with Gasteiger partial charge in [0.25, 0.3) is 5.54 Å². The van der Waals surface area contributed by atoms with Crippen molar-refractivity contribution in [2.45, 2.75) is 24.8 Å². The monoisotopic (exact) mass is 263 g/mol. The SMILES string of the molecule is COc1ccc([C@]2([N+](=O)[O-])CC=CCC2)cc1OC. The molecule has 102 valence electrons. The van der Waals surface area contributed by atoms with Crippen LogP contribution in [-0.4, -0.2) is 19.1 Å². The predicted octanol–water partition coefficient (Wildman–Crippen LogP) is 2.92. The second kappa shape index (κ2) is 5.30. The van der Waals surface area contributed by atoms with Gasteiger partial charge in [-0.1, -0.05) is 12.2 Å². The van der Waals surface area contributed by atoms with Gasteiger partial charge in [-0.15, -0.1) is 0 Å². The third-order valence-corrected chi connectivity index (χ3v) is 3.62. The molecular formula is C14H17NO4. The number of allylic oxidation sites excluding steroid dienone is 1. The fourth-order valence-corrected chi connectivity index (χ4v) is 2.48. The average molecular weight is 263 g/mol.